The van der Waals surface area contributed by atoms with Crippen LogP contribution in [0.25, 0.3) is 0 Å². The molecule has 0 bridgehead atoms. The van der Waals surface area contributed by atoms with Crippen molar-refractivity contribution in [3.8, 4) is 0 Å². The van der Waals surface area contributed by atoms with Crippen LogP contribution in [0.5, 0.6) is 0 Å². The fourth-order valence-corrected chi connectivity index (χ4v) is 4.87. The second kappa shape index (κ2) is 6.06. The molecule has 1 saturated heterocycles. The molecule has 0 aliphatic carbocycles. The first-order valence-electron chi connectivity index (χ1n) is 5.85. The number of nitrogens with zero attached hydrogens (tertiary/aromatic N) is 2. The maximum Gasteiger partial charge on any atom is 0.305 e. The quantitative estimate of drug-likeness (QED) is 0.883. The van der Waals surface area contributed by atoms with Gasteiger partial charge in [-0.2, -0.15) is 16.1 Å². The third-order valence-electron chi connectivity index (χ3n) is 2.86. The van der Waals surface area contributed by atoms with Gasteiger partial charge in [-0.15, -0.1) is 0 Å². The van der Waals surface area contributed by atoms with E-state index in [-0.39, 0.29) is 13.0 Å². The highest BCUT2D eigenvalue weighted by molar-refractivity contribution is 7.99. The van der Waals surface area contributed by atoms with E-state index < -0.39 is 32.9 Å². The normalized spacial score (nSPS) is 20.8. The molecular weight excluding hydrogens is 307 g/mol. The average Bonchev–Trinajstić information content (AvgIpc) is 2.38. The van der Waals surface area contributed by atoms with Gasteiger partial charge in [-0.25, -0.2) is 17.8 Å². The minimum atomic E-state index is -4.12. The summed E-state index contributed by atoms with van der Waals surface area (Å²) in [6, 6.07) is 1.64. The van der Waals surface area contributed by atoms with E-state index in [1.165, 1.54) is 24.0 Å². The first-order chi connectivity index (χ1) is 9.43. The van der Waals surface area contributed by atoms with Gasteiger partial charge in [0.15, 0.2) is 5.82 Å². The fourth-order valence-electron chi connectivity index (χ4n) is 1.99. The number of carboxylic acids is 1. The number of thioether (sulfide) groups is 1. The van der Waals surface area contributed by atoms with Crippen LogP contribution in [0.15, 0.2) is 23.4 Å². The summed E-state index contributed by atoms with van der Waals surface area (Å²) in [5, 5.41) is 8.20. The summed E-state index contributed by atoms with van der Waals surface area (Å²) in [6.45, 7) is 0.154. The second-order valence-electron chi connectivity index (χ2n) is 4.23. The van der Waals surface area contributed by atoms with Gasteiger partial charge in [-0.1, -0.05) is 0 Å². The van der Waals surface area contributed by atoms with Crippen molar-refractivity contribution in [3.05, 3.63) is 24.1 Å². The van der Waals surface area contributed by atoms with Crippen molar-refractivity contribution in [1.29, 1.82) is 0 Å². The molecule has 0 saturated carbocycles. The average molecular weight is 320 g/mol. The van der Waals surface area contributed by atoms with Crippen molar-refractivity contribution in [2.75, 3.05) is 18.1 Å². The zero-order valence-electron chi connectivity index (χ0n) is 10.4. The standard InChI is InChI=1S/C11H13FN2O4S2/c12-9-2-1-3-13-11(9)20(17,18)14-4-5-19-7-8(14)6-10(15)16/h1-3,8H,4-7H2,(H,15,16). The van der Waals surface area contributed by atoms with Crippen molar-refractivity contribution >= 4 is 27.8 Å². The van der Waals surface area contributed by atoms with Gasteiger partial charge in [-0.05, 0) is 12.1 Å². The summed E-state index contributed by atoms with van der Waals surface area (Å²) >= 11 is 1.48. The molecule has 110 valence electrons. The number of aromatic nitrogens is 1. The minimum Gasteiger partial charge on any atom is -0.481 e. The lowest BCUT2D eigenvalue weighted by Gasteiger charge is -2.33. The van der Waals surface area contributed by atoms with Crippen LogP contribution < -0.4 is 0 Å². The van der Waals surface area contributed by atoms with E-state index in [0.717, 1.165) is 10.4 Å². The Bertz CT molecular complexity index is 608. The van der Waals surface area contributed by atoms with Crippen molar-refractivity contribution in [2.45, 2.75) is 17.5 Å². The maximum atomic E-state index is 13.6. The summed E-state index contributed by atoms with van der Waals surface area (Å²) in [6.07, 6.45) is 0.890. The van der Waals surface area contributed by atoms with E-state index >= 15 is 0 Å². The predicted molar refractivity (Wildman–Crippen MR) is 71.5 cm³/mol. The van der Waals surface area contributed by atoms with Crippen molar-refractivity contribution < 1.29 is 22.7 Å². The highest BCUT2D eigenvalue weighted by Gasteiger charge is 2.37. The van der Waals surface area contributed by atoms with Crippen LogP contribution in [0.1, 0.15) is 6.42 Å². The van der Waals surface area contributed by atoms with Crippen LogP contribution in [0.2, 0.25) is 0 Å². The van der Waals surface area contributed by atoms with E-state index in [1.54, 1.807) is 0 Å². The Morgan fingerprint density at radius 2 is 2.35 bits per heavy atom. The van der Waals surface area contributed by atoms with E-state index in [9.17, 15) is 17.6 Å². The van der Waals surface area contributed by atoms with Gasteiger partial charge in [0, 0.05) is 30.3 Å². The lowest BCUT2D eigenvalue weighted by molar-refractivity contribution is -0.137. The molecule has 1 aliphatic rings. The highest BCUT2D eigenvalue weighted by Crippen LogP contribution is 2.26. The van der Waals surface area contributed by atoms with Crippen LogP contribution >= 0.6 is 11.8 Å². The molecule has 1 aromatic heterocycles. The molecule has 1 aromatic rings. The van der Waals surface area contributed by atoms with Crippen LogP contribution in [-0.2, 0) is 14.8 Å². The molecule has 1 fully saturated rings. The zero-order valence-corrected chi connectivity index (χ0v) is 12.0. The van der Waals surface area contributed by atoms with Gasteiger partial charge in [0.05, 0.1) is 6.42 Å². The highest BCUT2D eigenvalue weighted by atomic mass is 32.2. The molecule has 0 aromatic carbocycles. The minimum absolute atomic E-state index is 0.154. The number of pyridine rings is 1. The Hall–Kier alpha value is -1.19. The number of rotatable bonds is 4. The van der Waals surface area contributed by atoms with Gasteiger partial charge in [-0.3, -0.25) is 4.79 Å². The lowest BCUT2D eigenvalue weighted by Crippen LogP contribution is -2.47. The Labute approximate surface area is 120 Å². The van der Waals surface area contributed by atoms with Crippen molar-refractivity contribution in [3.63, 3.8) is 0 Å². The Kier molecular flexibility index (Phi) is 4.61. The van der Waals surface area contributed by atoms with Gasteiger partial charge in [0.1, 0.15) is 0 Å². The first-order valence-corrected chi connectivity index (χ1v) is 8.44. The van der Waals surface area contributed by atoms with Crippen molar-refractivity contribution in [2.24, 2.45) is 0 Å². The van der Waals surface area contributed by atoms with Crippen LogP contribution in [0.3, 0.4) is 0 Å². The van der Waals surface area contributed by atoms with Crippen LogP contribution in [0, 0.1) is 5.82 Å². The largest absolute Gasteiger partial charge is 0.481 e. The number of halogens is 1. The van der Waals surface area contributed by atoms with E-state index in [2.05, 4.69) is 4.98 Å². The van der Waals surface area contributed by atoms with Gasteiger partial charge < -0.3 is 5.11 Å². The van der Waals surface area contributed by atoms with Crippen LogP contribution in [0.4, 0.5) is 4.39 Å². The summed E-state index contributed by atoms with van der Waals surface area (Å²) < 4.78 is 39.5. The Balaban J connectivity index is 2.36. The molecule has 0 amide bonds. The monoisotopic (exact) mass is 320 g/mol. The molecule has 0 radical (unpaired) electrons. The molecule has 9 heteroatoms. The molecule has 2 heterocycles. The summed E-state index contributed by atoms with van der Waals surface area (Å²) in [5.74, 6) is -1.09. The summed E-state index contributed by atoms with van der Waals surface area (Å²) in [7, 11) is -4.12. The molecule has 1 N–H and O–H groups in total. The third-order valence-corrected chi connectivity index (χ3v) is 5.84. The second-order valence-corrected chi connectivity index (χ2v) is 7.19. The molecule has 6 nitrogen and oxygen atoms in total. The topological polar surface area (TPSA) is 87.6 Å². The molecule has 1 aliphatic heterocycles. The van der Waals surface area contributed by atoms with E-state index in [0.29, 0.717) is 11.5 Å². The van der Waals surface area contributed by atoms with E-state index in [4.69, 9.17) is 5.11 Å². The van der Waals surface area contributed by atoms with Crippen LogP contribution in [-0.4, -0.2) is 52.9 Å². The number of carbonyl (C=O) groups is 1. The summed E-state index contributed by atoms with van der Waals surface area (Å²) in [5.41, 5.74) is 0. The SMILES string of the molecule is O=C(O)CC1CSCCN1S(=O)(=O)c1ncccc1F. The molecule has 2 rings (SSSR count). The molecule has 1 unspecified atom stereocenters. The predicted octanol–water partition coefficient (Wildman–Crippen LogP) is 0.801. The smallest absolute Gasteiger partial charge is 0.305 e. The number of hydrogen-bond donors (Lipinski definition) is 1. The first kappa shape index (κ1) is 15.2. The van der Waals surface area contributed by atoms with Gasteiger partial charge >= 0.3 is 5.97 Å². The number of sulfonamides is 1. The zero-order chi connectivity index (χ0) is 14.8. The Morgan fingerprint density at radius 1 is 1.60 bits per heavy atom. The maximum absolute atomic E-state index is 13.6. The fraction of sp³-hybridized carbons (Fsp3) is 0.455. The number of carboxylic acid groups (broad SMARTS) is 1. The van der Waals surface area contributed by atoms with E-state index in [1.807, 2.05) is 0 Å². The molecule has 1 atom stereocenters. The summed E-state index contributed by atoms with van der Waals surface area (Å²) in [4.78, 5) is 14.4. The molecule has 20 heavy (non-hydrogen) atoms. The van der Waals surface area contributed by atoms with Gasteiger partial charge in [0.25, 0.3) is 10.0 Å². The number of aliphatic carboxylic acids is 1. The lowest BCUT2D eigenvalue weighted by atomic mass is 10.2. The number of hydrogen-bond acceptors (Lipinski definition) is 5. The molecular formula is C11H13FN2O4S2. The molecule has 0 spiro atoms. The van der Waals surface area contributed by atoms with Gasteiger partial charge in [0.2, 0.25) is 5.03 Å². The Morgan fingerprint density at radius 3 is 3.00 bits per heavy atom. The van der Waals surface area contributed by atoms with Crippen molar-refractivity contribution in [1.82, 2.24) is 9.29 Å². The third kappa shape index (κ3) is 3.10.